The number of carbonyl (C=O) groups excluding carboxylic acids is 2. The fourth-order valence-electron chi connectivity index (χ4n) is 4.99. The number of aromatic nitrogens is 2. The van der Waals surface area contributed by atoms with Crippen LogP contribution in [0.15, 0.2) is 66.2 Å². The summed E-state index contributed by atoms with van der Waals surface area (Å²) in [5.41, 5.74) is 3.50. The number of ether oxygens (including phenoxy) is 1. The Bertz CT molecular complexity index is 1280. The van der Waals surface area contributed by atoms with Gasteiger partial charge in [0.05, 0.1) is 6.20 Å². The highest BCUT2D eigenvalue weighted by molar-refractivity contribution is 6.04. The molecule has 5 rings (SSSR count). The Kier molecular flexibility index (Phi) is 8.33. The number of carbonyl (C=O) groups is 2. The van der Waals surface area contributed by atoms with Crippen LogP contribution in [0.4, 0.5) is 11.5 Å². The minimum Gasteiger partial charge on any atom is -0.381 e. The van der Waals surface area contributed by atoms with Crippen LogP contribution in [0.5, 0.6) is 0 Å². The molecular weight excluding hydrogens is 496 g/mol. The van der Waals surface area contributed by atoms with Gasteiger partial charge in [-0.15, -0.1) is 0 Å². The number of amides is 2. The number of hydrogen-bond donors (Lipinski definition) is 1. The first-order valence-corrected chi connectivity index (χ1v) is 13.3. The number of piperazine rings is 1. The minimum absolute atomic E-state index is 0.0508. The van der Waals surface area contributed by atoms with Crippen molar-refractivity contribution in [2.24, 2.45) is 0 Å². The van der Waals surface area contributed by atoms with Gasteiger partial charge in [-0.2, -0.15) is 0 Å². The lowest BCUT2D eigenvalue weighted by Crippen LogP contribution is -2.44. The maximum absolute atomic E-state index is 13.3. The molecule has 204 valence electrons. The van der Waals surface area contributed by atoms with E-state index in [4.69, 9.17) is 14.2 Å². The molecule has 1 N–H and O–H groups in total. The van der Waals surface area contributed by atoms with Crippen molar-refractivity contribution in [3.8, 4) is 11.1 Å². The van der Waals surface area contributed by atoms with Gasteiger partial charge in [0.2, 0.25) is 0 Å². The van der Waals surface area contributed by atoms with E-state index in [0.717, 1.165) is 48.7 Å². The van der Waals surface area contributed by atoms with Gasteiger partial charge in [-0.3, -0.25) is 9.59 Å². The number of likely N-dealkylation sites (N-methyl/N-ethyl adjacent to an activating group) is 1. The van der Waals surface area contributed by atoms with E-state index in [1.165, 1.54) is 12.3 Å². The van der Waals surface area contributed by atoms with E-state index in [-0.39, 0.29) is 24.4 Å². The molecule has 0 unspecified atom stereocenters. The number of hydrogen-bond acceptors (Lipinski definition) is 8. The summed E-state index contributed by atoms with van der Waals surface area (Å²) < 4.78 is 10.4. The summed E-state index contributed by atoms with van der Waals surface area (Å²) in [5.74, 6) is 0.457. The second kappa shape index (κ2) is 12.2. The van der Waals surface area contributed by atoms with E-state index < -0.39 is 0 Å². The molecule has 0 saturated carbocycles. The maximum Gasteiger partial charge on any atom is 0.251 e. The van der Waals surface area contributed by atoms with Gasteiger partial charge in [-0.05, 0) is 61.9 Å². The number of benzene rings is 1. The van der Waals surface area contributed by atoms with Crippen LogP contribution >= 0.6 is 0 Å². The van der Waals surface area contributed by atoms with E-state index in [1.54, 1.807) is 17.2 Å². The Morgan fingerprint density at radius 1 is 1.10 bits per heavy atom. The topological polar surface area (TPSA) is 104 Å². The number of nitrogens with zero attached hydrogens (tertiary/aromatic N) is 5. The SMILES string of the molecule is C=CC(=O)N(c1cc(C(=O)NCc2cnoc2)cc(-c2ccc(N3CCN(C)CC3)nc2)c1)C1CCOCC1. The highest BCUT2D eigenvalue weighted by Crippen LogP contribution is 2.31. The van der Waals surface area contributed by atoms with Gasteiger partial charge in [0.1, 0.15) is 12.1 Å². The standard InChI is InChI=1S/C29H34N6O4/c1-3-28(36)35(25-6-12-38-13-7-25)26-15-23(14-24(16-26)29(37)31-17-21-18-32-39-20-21)22-4-5-27(30-19-22)34-10-8-33(2)9-11-34/h3-5,14-16,18-20,25H,1,6-13,17H2,2H3,(H,31,37). The molecule has 10 heteroatoms. The summed E-state index contributed by atoms with van der Waals surface area (Å²) in [4.78, 5) is 37.4. The molecule has 0 atom stereocenters. The molecule has 2 aromatic heterocycles. The fourth-order valence-corrected chi connectivity index (χ4v) is 4.99. The van der Waals surface area contributed by atoms with Gasteiger partial charge in [0.25, 0.3) is 11.8 Å². The first-order chi connectivity index (χ1) is 19.0. The molecule has 4 heterocycles. The van der Waals surface area contributed by atoms with Crippen molar-refractivity contribution in [1.82, 2.24) is 20.4 Å². The summed E-state index contributed by atoms with van der Waals surface area (Å²) >= 11 is 0. The molecule has 10 nitrogen and oxygen atoms in total. The summed E-state index contributed by atoms with van der Waals surface area (Å²) in [5, 5.41) is 6.60. The fraction of sp³-hybridized carbons (Fsp3) is 0.379. The molecule has 2 saturated heterocycles. The molecule has 3 aromatic rings. The summed E-state index contributed by atoms with van der Waals surface area (Å²) in [7, 11) is 2.13. The predicted octanol–water partition coefficient (Wildman–Crippen LogP) is 3.12. The molecule has 39 heavy (non-hydrogen) atoms. The molecule has 0 spiro atoms. The Balaban J connectivity index is 1.48. The normalized spacial score (nSPS) is 16.6. The van der Waals surface area contributed by atoms with Gasteiger partial charge < -0.3 is 29.3 Å². The van der Waals surface area contributed by atoms with Crippen LogP contribution < -0.4 is 15.1 Å². The lowest BCUT2D eigenvalue weighted by molar-refractivity contribution is -0.115. The Morgan fingerprint density at radius 2 is 1.90 bits per heavy atom. The second-order valence-corrected chi connectivity index (χ2v) is 9.94. The zero-order valence-electron chi connectivity index (χ0n) is 22.2. The van der Waals surface area contributed by atoms with Gasteiger partial charge in [-0.1, -0.05) is 11.7 Å². The lowest BCUT2D eigenvalue weighted by atomic mass is 10.00. The van der Waals surface area contributed by atoms with E-state index in [1.807, 2.05) is 30.5 Å². The molecule has 2 amide bonds. The monoisotopic (exact) mass is 530 g/mol. The smallest absolute Gasteiger partial charge is 0.251 e. The zero-order chi connectivity index (χ0) is 27.2. The van der Waals surface area contributed by atoms with Crippen molar-refractivity contribution in [1.29, 1.82) is 0 Å². The van der Waals surface area contributed by atoms with Crippen LogP contribution in [0.25, 0.3) is 11.1 Å². The molecule has 0 radical (unpaired) electrons. The quantitative estimate of drug-likeness (QED) is 0.443. The van der Waals surface area contributed by atoms with Crippen LogP contribution in [0.1, 0.15) is 28.8 Å². The maximum atomic E-state index is 13.3. The Labute approximate surface area is 228 Å². The number of rotatable bonds is 8. The summed E-state index contributed by atoms with van der Waals surface area (Å²) in [6, 6.07) is 9.52. The highest BCUT2D eigenvalue weighted by Gasteiger charge is 2.27. The van der Waals surface area contributed by atoms with Crippen molar-refractivity contribution < 1.29 is 18.8 Å². The number of nitrogens with one attached hydrogen (secondary N) is 1. The first-order valence-electron chi connectivity index (χ1n) is 13.3. The minimum atomic E-state index is -0.265. The van der Waals surface area contributed by atoms with Gasteiger partial charge >= 0.3 is 0 Å². The number of anilines is 2. The van der Waals surface area contributed by atoms with Crippen molar-refractivity contribution in [2.75, 3.05) is 56.2 Å². The van der Waals surface area contributed by atoms with Crippen molar-refractivity contribution in [3.05, 3.63) is 72.8 Å². The predicted molar refractivity (Wildman–Crippen MR) is 149 cm³/mol. The third-order valence-corrected chi connectivity index (χ3v) is 7.27. The van der Waals surface area contributed by atoms with Crippen LogP contribution in [-0.2, 0) is 16.1 Å². The third-order valence-electron chi connectivity index (χ3n) is 7.27. The van der Waals surface area contributed by atoms with Gasteiger partial charge in [0, 0.05) is 80.6 Å². The van der Waals surface area contributed by atoms with E-state index >= 15 is 0 Å². The average molecular weight is 531 g/mol. The molecule has 1 aromatic carbocycles. The summed E-state index contributed by atoms with van der Waals surface area (Å²) in [6.07, 6.45) is 7.62. The lowest BCUT2D eigenvalue weighted by Gasteiger charge is -2.34. The average Bonchev–Trinajstić information content (AvgIpc) is 3.51. The molecule has 2 fully saturated rings. The highest BCUT2D eigenvalue weighted by atomic mass is 16.5. The Hall–Kier alpha value is -4.02. The van der Waals surface area contributed by atoms with Gasteiger partial charge in [0.15, 0.2) is 0 Å². The first kappa shape index (κ1) is 26.6. The second-order valence-electron chi connectivity index (χ2n) is 9.94. The van der Waals surface area contributed by atoms with Crippen molar-refractivity contribution in [3.63, 3.8) is 0 Å². The zero-order valence-corrected chi connectivity index (χ0v) is 22.2. The van der Waals surface area contributed by atoms with Crippen LogP contribution in [0, 0.1) is 0 Å². The molecule has 0 aliphatic carbocycles. The van der Waals surface area contributed by atoms with E-state index in [2.05, 4.69) is 33.9 Å². The Morgan fingerprint density at radius 3 is 2.56 bits per heavy atom. The van der Waals surface area contributed by atoms with E-state index in [9.17, 15) is 9.59 Å². The molecular formula is C29H34N6O4. The summed E-state index contributed by atoms with van der Waals surface area (Å²) in [6.45, 7) is 9.01. The van der Waals surface area contributed by atoms with E-state index in [0.29, 0.717) is 37.3 Å². The molecule has 0 bridgehead atoms. The van der Waals surface area contributed by atoms with Crippen LogP contribution in [-0.4, -0.2) is 79.3 Å². The van der Waals surface area contributed by atoms with Crippen molar-refractivity contribution in [2.45, 2.75) is 25.4 Å². The van der Waals surface area contributed by atoms with Crippen LogP contribution in [0.2, 0.25) is 0 Å². The molecule has 2 aliphatic rings. The van der Waals surface area contributed by atoms with Crippen LogP contribution in [0.3, 0.4) is 0 Å². The molecule has 2 aliphatic heterocycles. The number of pyridine rings is 1. The van der Waals surface area contributed by atoms with Gasteiger partial charge in [-0.25, -0.2) is 4.98 Å². The largest absolute Gasteiger partial charge is 0.381 e. The third kappa shape index (κ3) is 6.35. The van der Waals surface area contributed by atoms with Crippen molar-refractivity contribution >= 4 is 23.3 Å².